The van der Waals surface area contributed by atoms with Crippen LogP contribution in [0.5, 0.6) is 0 Å². The third-order valence-electron chi connectivity index (χ3n) is 4.07. The summed E-state index contributed by atoms with van der Waals surface area (Å²) in [6, 6.07) is 0.574. The highest BCUT2D eigenvalue weighted by Crippen LogP contribution is 2.49. The Labute approximate surface area is 72.7 Å². The maximum Gasteiger partial charge on any atom is 0.220 e. The first kappa shape index (κ1) is 6.93. The van der Waals surface area contributed by atoms with Gasteiger partial charge in [0.25, 0.3) is 0 Å². The Balaban J connectivity index is 1.84. The maximum atomic E-state index is 11.1. The summed E-state index contributed by atoms with van der Waals surface area (Å²) in [5, 5.41) is 3.15. The van der Waals surface area contributed by atoms with Gasteiger partial charge in [-0.05, 0) is 30.6 Å². The van der Waals surface area contributed by atoms with Crippen LogP contribution in [0, 0.1) is 17.8 Å². The van der Waals surface area contributed by atoms with Gasteiger partial charge in [0, 0.05) is 12.5 Å². The Morgan fingerprint density at radius 3 is 3.08 bits per heavy atom. The monoisotopic (exact) mass is 165 g/mol. The molecule has 0 aromatic heterocycles. The maximum absolute atomic E-state index is 11.1. The molecule has 0 aromatic carbocycles. The number of hydrogen-bond donors (Lipinski definition) is 1. The molecule has 1 aliphatic heterocycles. The molecule has 1 amide bonds. The number of nitrogens with one attached hydrogen (secondary N) is 1. The van der Waals surface area contributed by atoms with E-state index in [1.807, 2.05) is 0 Å². The van der Waals surface area contributed by atoms with E-state index in [1.165, 1.54) is 25.7 Å². The first-order chi connectivity index (χ1) is 5.84. The molecule has 1 heterocycles. The largest absolute Gasteiger partial charge is 0.353 e. The van der Waals surface area contributed by atoms with Gasteiger partial charge in [0.15, 0.2) is 0 Å². The van der Waals surface area contributed by atoms with E-state index in [1.54, 1.807) is 0 Å². The summed E-state index contributed by atoms with van der Waals surface area (Å²) in [6.45, 7) is 0. The van der Waals surface area contributed by atoms with Crippen molar-refractivity contribution in [2.75, 3.05) is 0 Å². The van der Waals surface area contributed by atoms with Crippen molar-refractivity contribution in [3.8, 4) is 0 Å². The molecule has 2 nitrogen and oxygen atoms in total. The zero-order valence-corrected chi connectivity index (χ0v) is 7.25. The van der Waals surface area contributed by atoms with E-state index in [0.717, 1.165) is 18.3 Å². The predicted molar refractivity (Wildman–Crippen MR) is 45.5 cm³/mol. The van der Waals surface area contributed by atoms with Crippen LogP contribution in [0.15, 0.2) is 0 Å². The number of hydrogen-bond acceptors (Lipinski definition) is 1. The van der Waals surface area contributed by atoms with Gasteiger partial charge in [-0.3, -0.25) is 4.79 Å². The summed E-state index contributed by atoms with van der Waals surface area (Å²) in [5.74, 6) is 2.81. The average Bonchev–Trinajstić information content (AvgIpc) is 2.59. The van der Waals surface area contributed by atoms with Crippen molar-refractivity contribution in [1.82, 2.24) is 5.32 Å². The summed E-state index contributed by atoms with van der Waals surface area (Å²) in [5.41, 5.74) is 0. The Morgan fingerprint density at radius 2 is 2.17 bits per heavy atom. The summed E-state index contributed by atoms with van der Waals surface area (Å²) >= 11 is 0. The fourth-order valence-corrected chi connectivity index (χ4v) is 3.63. The minimum absolute atomic E-state index is 0.301. The molecule has 2 aliphatic carbocycles. The minimum Gasteiger partial charge on any atom is -0.353 e. The molecule has 12 heavy (non-hydrogen) atoms. The molecule has 2 saturated carbocycles. The quantitative estimate of drug-likeness (QED) is 0.576. The Bertz CT molecular complexity index is 226. The van der Waals surface area contributed by atoms with E-state index in [2.05, 4.69) is 5.32 Å². The normalized spacial score (nSPS) is 50.5. The molecular weight excluding hydrogens is 150 g/mol. The van der Waals surface area contributed by atoms with Crippen LogP contribution < -0.4 is 5.32 Å². The van der Waals surface area contributed by atoms with Gasteiger partial charge in [0.2, 0.25) is 5.91 Å². The van der Waals surface area contributed by atoms with Gasteiger partial charge < -0.3 is 5.32 Å². The van der Waals surface area contributed by atoms with E-state index >= 15 is 0 Å². The molecular formula is C10H15NO. The summed E-state index contributed by atoms with van der Waals surface area (Å²) in [6.07, 6.45) is 6.33. The van der Waals surface area contributed by atoms with Gasteiger partial charge in [0.05, 0.1) is 0 Å². The minimum atomic E-state index is 0.301. The average molecular weight is 165 g/mol. The highest BCUT2D eigenvalue weighted by Gasteiger charge is 2.49. The first-order valence-corrected chi connectivity index (χ1v) is 5.14. The van der Waals surface area contributed by atoms with Crippen molar-refractivity contribution < 1.29 is 4.79 Å². The highest BCUT2D eigenvalue weighted by atomic mass is 16.2. The van der Waals surface area contributed by atoms with Gasteiger partial charge in [-0.2, -0.15) is 0 Å². The van der Waals surface area contributed by atoms with Gasteiger partial charge >= 0.3 is 0 Å². The zero-order valence-electron chi connectivity index (χ0n) is 7.25. The molecule has 3 rings (SSSR count). The molecule has 66 valence electrons. The van der Waals surface area contributed by atoms with E-state index < -0.39 is 0 Å². The van der Waals surface area contributed by atoms with Crippen molar-refractivity contribution in [2.45, 2.75) is 38.1 Å². The second-order valence-electron chi connectivity index (χ2n) is 4.65. The van der Waals surface area contributed by atoms with Crippen LogP contribution in [0.3, 0.4) is 0 Å². The van der Waals surface area contributed by atoms with Crippen LogP contribution in [0.25, 0.3) is 0 Å². The Hall–Kier alpha value is -0.530. The lowest BCUT2D eigenvalue weighted by atomic mass is 9.97. The van der Waals surface area contributed by atoms with Crippen molar-refractivity contribution in [2.24, 2.45) is 17.8 Å². The van der Waals surface area contributed by atoms with Crippen molar-refractivity contribution >= 4 is 5.91 Å². The molecule has 1 N–H and O–H groups in total. The molecule has 0 unspecified atom stereocenters. The Morgan fingerprint density at radius 1 is 1.25 bits per heavy atom. The van der Waals surface area contributed by atoms with E-state index in [-0.39, 0.29) is 0 Å². The lowest BCUT2D eigenvalue weighted by Crippen LogP contribution is -2.32. The molecule has 1 saturated heterocycles. The molecule has 0 spiro atoms. The highest BCUT2D eigenvalue weighted by molar-refractivity contribution is 5.79. The summed E-state index contributed by atoms with van der Waals surface area (Å²) < 4.78 is 0. The molecule has 0 radical (unpaired) electrons. The zero-order chi connectivity index (χ0) is 8.13. The van der Waals surface area contributed by atoms with Crippen LogP contribution in [0.1, 0.15) is 32.1 Å². The van der Waals surface area contributed by atoms with Crippen LogP contribution in [0.2, 0.25) is 0 Å². The van der Waals surface area contributed by atoms with E-state index in [9.17, 15) is 4.79 Å². The molecule has 3 aliphatic rings. The van der Waals surface area contributed by atoms with Gasteiger partial charge in [-0.1, -0.05) is 12.8 Å². The number of carbonyl (C=O) groups is 1. The smallest absolute Gasteiger partial charge is 0.220 e. The fourth-order valence-electron chi connectivity index (χ4n) is 3.63. The summed E-state index contributed by atoms with van der Waals surface area (Å²) in [7, 11) is 0. The first-order valence-electron chi connectivity index (χ1n) is 5.14. The standard InChI is InChI=1S/C10H15NO/c12-9-5-7-4-6-2-1-3-8(6)10(7)11-9/h6-8,10H,1-5H2,(H,11,12)/t6-,7+,8-,10-/m0/s1. The molecule has 3 fully saturated rings. The molecule has 2 heteroatoms. The van der Waals surface area contributed by atoms with E-state index in [0.29, 0.717) is 17.9 Å². The lowest BCUT2D eigenvalue weighted by Gasteiger charge is -2.16. The predicted octanol–water partition coefficient (Wildman–Crippen LogP) is 1.31. The number of fused-ring (bicyclic) bond motifs is 3. The second kappa shape index (κ2) is 2.24. The second-order valence-corrected chi connectivity index (χ2v) is 4.65. The fraction of sp³-hybridized carbons (Fsp3) is 0.900. The number of carbonyl (C=O) groups excluding carboxylic acids is 1. The van der Waals surface area contributed by atoms with Crippen LogP contribution in [0.4, 0.5) is 0 Å². The van der Waals surface area contributed by atoms with E-state index in [4.69, 9.17) is 0 Å². The number of rotatable bonds is 0. The molecule has 0 aromatic rings. The third-order valence-corrected chi connectivity index (χ3v) is 4.07. The van der Waals surface area contributed by atoms with Crippen molar-refractivity contribution in [3.63, 3.8) is 0 Å². The summed E-state index contributed by atoms with van der Waals surface area (Å²) in [4.78, 5) is 11.1. The van der Waals surface area contributed by atoms with Crippen LogP contribution >= 0.6 is 0 Å². The lowest BCUT2D eigenvalue weighted by molar-refractivity contribution is -0.119. The van der Waals surface area contributed by atoms with Crippen molar-refractivity contribution in [3.05, 3.63) is 0 Å². The third kappa shape index (κ3) is 0.782. The van der Waals surface area contributed by atoms with Crippen LogP contribution in [-0.4, -0.2) is 11.9 Å². The van der Waals surface area contributed by atoms with Gasteiger partial charge in [0.1, 0.15) is 0 Å². The van der Waals surface area contributed by atoms with Crippen molar-refractivity contribution in [1.29, 1.82) is 0 Å². The Kier molecular flexibility index (Phi) is 1.29. The van der Waals surface area contributed by atoms with Gasteiger partial charge in [-0.25, -0.2) is 0 Å². The molecule has 0 bridgehead atoms. The van der Waals surface area contributed by atoms with Gasteiger partial charge in [-0.15, -0.1) is 0 Å². The van der Waals surface area contributed by atoms with Crippen LogP contribution in [-0.2, 0) is 4.79 Å². The number of amides is 1. The molecule has 4 atom stereocenters. The topological polar surface area (TPSA) is 29.1 Å². The SMILES string of the molecule is O=C1C[C@H]2C[C@@H]3CCC[C@@H]3[C@H]2N1.